The normalized spacial score (nSPS) is 11.0. The van der Waals surface area contributed by atoms with E-state index in [1.54, 1.807) is 23.0 Å². The first-order valence-electron chi connectivity index (χ1n) is 10.0. The molecule has 7 nitrogen and oxygen atoms in total. The topological polar surface area (TPSA) is 77.7 Å². The number of halogens is 2. The number of hydrogen-bond acceptors (Lipinski definition) is 5. The van der Waals surface area contributed by atoms with Crippen molar-refractivity contribution in [3.8, 4) is 11.5 Å². The highest BCUT2D eigenvalue weighted by Crippen LogP contribution is 2.29. The fourth-order valence-corrected chi connectivity index (χ4v) is 3.42. The van der Waals surface area contributed by atoms with Crippen molar-refractivity contribution in [3.63, 3.8) is 0 Å². The molecule has 0 fully saturated rings. The van der Waals surface area contributed by atoms with Crippen LogP contribution in [0.2, 0.25) is 5.02 Å². The molecule has 0 spiro atoms. The summed E-state index contributed by atoms with van der Waals surface area (Å²) in [6.07, 6.45) is 1.55. The Labute approximate surface area is 200 Å². The minimum atomic E-state index is -0.274. The number of amides is 1. The van der Waals surface area contributed by atoms with E-state index in [-0.39, 0.29) is 12.5 Å². The van der Waals surface area contributed by atoms with Gasteiger partial charge >= 0.3 is 0 Å². The van der Waals surface area contributed by atoms with Gasteiger partial charge in [0.1, 0.15) is 13.2 Å². The molecule has 1 amide bonds. The highest BCUT2D eigenvalue weighted by Gasteiger charge is 2.11. The third kappa shape index (κ3) is 6.11. The molecule has 32 heavy (non-hydrogen) atoms. The fraction of sp³-hybridized carbons (Fsp3) is 0.261. The predicted molar refractivity (Wildman–Crippen MR) is 129 cm³/mol. The number of benzene rings is 2. The van der Waals surface area contributed by atoms with E-state index in [4.69, 9.17) is 21.1 Å². The van der Waals surface area contributed by atoms with Gasteiger partial charge in [0.2, 0.25) is 0 Å². The summed E-state index contributed by atoms with van der Waals surface area (Å²) in [5.41, 5.74) is 5.88. The van der Waals surface area contributed by atoms with Crippen molar-refractivity contribution in [3.05, 3.63) is 74.5 Å². The molecular formula is C23H24BrClN4O3. The maximum atomic E-state index is 12.2. The third-order valence-electron chi connectivity index (χ3n) is 4.60. The molecule has 9 heteroatoms. The minimum absolute atomic E-state index is 0.0780. The standard InChI is InChI=1S/C23H24BrClN4O3/c1-4-31-21-11-17(9-10-20(21)32-14-18-7-5-6-8-19(18)25)12-26-27-22(30)13-29-16(3)23(24)15(2)28-29/h5-12H,4,13-14H2,1-3H3,(H,27,30). The van der Waals surface area contributed by atoms with Crippen molar-refractivity contribution in [2.45, 2.75) is 33.9 Å². The molecular weight excluding hydrogens is 496 g/mol. The molecule has 2 aromatic carbocycles. The Bertz CT molecular complexity index is 1130. The zero-order valence-electron chi connectivity index (χ0n) is 18.1. The number of hydrogen-bond donors (Lipinski definition) is 1. The molecule has 0 atom stereocenters. The van der Waals surface area contributed by atoms with Gasteiger partial charge in [0.05, 0.1) is 28.7 Å². The third-order valence-corrected chi connectivity index (χ3v) is 6.11. The zero-order valence-corrected chi connectivity index (χ0v) is 20.4. The SMILES string of the molecule is CCOc1cc(C=NNC(=O)Cn2nc(C)c(Br)c2C)ccc1OCc1ccccc1Cl. The molecule has 0 bridgehead atoms. The summed E-state index contributed by atoms with van der Waals surface area (Å²) in [4.78, 5) is 12.2. The van der Waals surface area contributed by atoms with Gasteiger partial charge in [0.25, 0.3) is 5.91 Å². The van der Waals surface area contributed by atoms with Gasteiger partial charge in [-0.15, -0.1) is 0 Å². The molecule has 0 radical (unpaired) electrons. The summed E-state index contributed by atoms with van der Waals surface area (Å²) in [7, 11) is 0. The minimum Gasteiger partial charge on any atom is -0.490 e. The summed E-state index contributed by atoms with van der Waals surface area (Å²) in [5.74, 6) is 0.912. The van der Waals surface area contributed by atoms with Gasteiger partial charge in [-0.05, 0) is 66.5 Å². The van der Waals surface area contributed by atoms with Crippen LogP contribution < -0.4 is 14.9 Å². The lowest BCUT2D eigenvalue weighted by molar-refractivity contribution is -0.121. The highest BCUT2D eigenvalue weighted by molar-refractivity contribution is 9.10. The lowest BCUT2D eigenvalue weighted by Gasteiger charge is -2.13. The number of nitrogens with one attached hydrogen (secondary N) is 1. The van der Waals surface area contributed by atoms with Crippen LogP contribution in [0.5, 0.6) is 11.5 Å². The molecule has 3 aromatic rings. The number of ether oxygens (including phenoxy) is 2. The molecule has 0 unspecified atom stereocenters. The average Bonchev–Trinajstić information content (AvgIpc) is 3.01. The summed E-state index contributed by atoms with van der Waals surface area (Å²) >= 11 is 9.65. The molecule has 168 valence electrons. The Morgan fingerprint density at radius 3 is 2.69 bits per heavy atom. The second-order valence-electron chi connectivity index (χ2n) is 6.95. The second-order valence-corrected chi connectivity index (χ2v) is 8.16. The first-order chi connectivity index (χ1) is 15.4. The van der Waals surface area contributed by atoms with Crippen molar-refractivity contribution >= 4 is 39.7 Å². The van der Waals surface area contributed by atoms with Crippen molar-refractivity contribution in [1.82, 2.24) is 15.2 Å². The molecule has 1 heterocycles. The van der Waals surface area contributed by atoms with Gasteiger partial charge in [-0.25, -0.2) is 5.43 Å². The van der Waals surface area contributed by atoms with Gasteiger partial charge in [-0.3, -0.25) is 9.48 Å². The van der Waals surface area contributed by atoms with Crippen LogP contribution in [0.3, 0.4) is 0 Å². The van der Waals surface area contributed by atoms with E-state index in [2.05, 4.69) is 31.6 Å². The number of aromatic nitrogens is 2. The summed E-state index contributed by atoms with van der Waals surface area (Å²) in [6, 6.07) is 13.0. The zero-order chi connectivity index (χ0) is 23.1. The van der Waals surface area contributed by atoms with E-state index in [1.807, 2.05) is 51.1 Å². The number of rotatable bonds is 9. The Hall–Kier alpha value is -2.84. The van der Waals surface area contributed by atoms with Crippen molar-refractivity contribution in [2.75, 3.05) is 6.61 Å². The largest absolute Gasteiger partial charge is 0.490 e. The number of aryl methyl sites for hydroxylation is 1. The van der Waals surface area contributed by atoms with Crippen molar-refractivity contribution < 1.29 is 14.3 Å². The lowest BCUT2D eigenvalue weighted by Crippen LogP contribution is -2.24. The monoisotopic (exact) mass is 518 g/mol. The first-order valence-corrected chi connectivity index (χ1v) is 11.2. The number of carbonyl (C=O) groups is 1. The van der Waals surface area contributed by atoms with Crippen LogP contribution in [0.4, 0.5) is 0 Å². The Morgan fingerprint density at radius 2 is 2.00 bits per heavy atom. The molecule has 0 aliphatic carbocycles. The van der Waals surface area contributed by atoms with Crippen molar-refractivity contribution in [1.29, 1.82) is 0 Å². The van der Waals surface area contributed by atoms with Crippen LogP contribution in [-0.2, 0) is 17.9 Å². The van der Waals surface area contributed by atoms with Crippen LogP contribution in [0, 0.1) is 13.8 Å². The predicted octanol–water partition coefficient (Wildman–Crippen LogP) is 5.04. The molecule has 0 aliphatic heterocycles. The smallest absolute Gasteiger partial charge is 0.261 e. The molecule has 1 aromatic heterocycles. The van der Waals surface area contributed by atoms with E-state index in [1.165, 1.54) is 0 Å². The Morgan fingerprint density at radius 1 is 1.22 bits per heavy atom. The average molecular weight is 520 g/mol. The second kappa shape index (κ2) is 11.2. The van der Waals surface area contributed by atoms with Crippen LogP contribution in [0.15, 0.2) is 52.0 Å². The fourth-order valence-electron chi connectivity index (χ4n) is 2.94. The van der Waals surface area contributed by atoms with Gasteiger partial charge in [0.15, 0.2) is 11.5 Å². The van der Waals surface area contributed by atoms with Crippen LogP contribution in [0.1, 0.15) is 29.4 Å². The Balaban J connectivity index is 1.62. The Kier molecular flexibility index (Phi) is 8.30. The number of nitrogens with zero attached hydrogens (tertiary/aromatic N) is 3. The van der Waals surface area contributed by atoms with Gasteiger partial charge < -0.3 is 9.47 Å². The van der Waals surface area contributed by atoms with Gasteiger partial charge in [-0.1, -0.05) is 29.8 Å². The summed E-state index contributed by atoms with van der Waals surface area (Å²) in [6.45, 7) is 6.56. The quantitative estimate of drug-likeness (QED) is 0.317. The summed E-state index contributed by atoms with van der Waals surface area (Å²) in [5, 5.41) is 9.01. The molecule has 3 rings (SSSR count). The van der Waals surface area contributed by atoms with Crippen LogP contribution >= 0.6 is 27.5 Å². The first kappa shape index (κ1) is 23.8. The molecule has 0 saturated carbocycles. The van der Waals surface area contributed by atoms with Gasteiger partial charge in [0, 0.05) is 10.6 Å². The molecule has 1 N–H and O–H groups in total. The van der Waals surface area contributed by atoms with E-state index in [9.17, 15) is 4.79 Å². The van der Waals surface area contributed by atoms with Crippen molar-refractivity contribution in [2.24, 2.45) is 5.10 Å². The number of carbonyl (C=O) groups excluding carboxylic acids is 1. The van der Waals surface area contributed by atoms with E-state index >= 15 is 0 Å². The summed E-state index contributed by atoms with van der Waals surface area (Å²) < 4.78 is 14.1. The maximum absolute atomic E-state index is 12.2. The molecule has 0 saturated heterocycles. The van der Waals surface area contributed by atoms with E-state index in [0.717, 1.165) is 27.0 Å². The van der Waals surface area contributed by atoms with Crippen LogP contribution in [-0.4, -0.2) is 28.5 Å². The lowest BCUT2D eigenvalue weighted by atomic mass is 10.2. The molecule has 0 aliphatic rings. The van der Waals surface area contributed by atoms with Gasteiger partial charge in [-0.2, -0.15) is 10.2 Å². The number of hydrazone groups is 1. The highest BCUT2D eigenvalue weighted by atomic mass is 79.9. The van der Waals surface area contributed by atoms with Crippen LogP contribution in [0.25, 0.3) is 0 Å². The maximum Gasteiger partial charge on any atom is 0.261 e. The van der Waals surface area contributed by atoms with E-state index in [0.29, 0.717) is 29.7 Å². The van der Waals surface area contributed by atoms with E-state index < -0.39 is 0 Å².